The molecular formula is C12H24N2. The molecule has 1 saturated carbocycles. The highest BCUT2D eigenvalue weighted by Gasteiger charge is 2.25. The third kappa shape index (κ3) is 2.48. The Morgan fingerprint density at radius 2 is 2.00 bits per heavy atom. The second-order valence-electron chi connectivity index (χ2n) is 5.31. The van der Waals surface area contributed by atoms with Gasteiger partial charge in [-0.2, -0.15) is 0 Å². The summed E-state index contributed by atoms with van der Waals surface area (Å²) in [5.74, 6) is 1.91. The van der Waals surface area contributed by atoms with Crippen LogP contribution in [-0.4, -0.2) is 37.6 Å². The second-order valence-corrected chi connectivity index (χ2v) is 5.31. The van der Waals surface area contributed by atoms with Crippen molar-refractivity contribution in [2.75, 3.05) is 26.7 Å². The molecule has 1 saturated heterocycles. The summed E-state index contributed by atoms with van der Waals surface area (Å²) < 4.78 is 0. The molecule has 82 valence electrons. The zero-order valence-corrected chi connectivity index (χ0v) is 9.63. The van der Waals surface area contributed by atoms with Crippen molar-refractivity contribution in [3.05, 3.63) is 0 Å². The Labute approximate surface area is 88.1 Å². The lowest BCUT2D eigenvalue weighted by Gasteiger charge is -2.32. The molecule has 2 aliphatic rings. The molecule has 0 radical (unpaired) electrons. The average Bonchev–Trinajstić information content (AvgIpc) is 2.45. The largest absolute Gasteiger partial charge is 0.314 e. The molecule has 0 bridgehead atoms. The SMILES string of the molecule is CC1NCCC1CN(C)CC1CCC1. The maximum atomic E-state index is 3.53. The predicted octanol–water partition coefficient (Wildman–Crippen LogP) is 1.72. The van der Waals surface area contributed by atoms with Gasteiger partial charge in [-0.25, -0.2) is 0 Å². The van der Waals surface area contributed by atoms with Gasteiger partial charge in [-0.05, 0) is 51.6 Å². The van der Waals surface area contributed by atoms with Gasteiger partial charge in [-0.15, -0.1) is 0 Å². The molecule has 1 aliphatic heterocycles. The first-order chi connectivity index (χ1) is 6.75. The minimum atomic E-state index is 0.735. The van der Waals surface area contributed by atoms with E-state index in [4.69, 9.17) is 0 Å². The van der Waals surface area contributed by atoms with Gasteiger partial charge in [-0.3, -0.25) is 0 Å². The Balaban J connectivity index is 1.67. The van der Waals surface area contributed by atoms with Crippen molar-refractivity contribution in [3.63, 3.8) is 0 Å². The lowest BCUT2D eigenvalue weighted by Crippen LogP contribution is -2.36. The molecule has 14 heavy (non-hydrogen) atoms. The van der Waals surface area contributed by atoms with Crippen molar-refractivity contribution in [3.8, 4) is 0 Å². The van der Waals surface area contributed by atoms with Crippen molar-refractivity contribution in [2.45, 2.75) is 38.6 Å². The first kappa shape index (κ1) is 10.4. The highest BCUT2D eigenvalue weighted by molar-refractivity contribution is 4.83. The lowest BCUT2D eigenvalue weighted by atomic mass is 9.85. The zero-order valence-electron chi connectivity index (χ0n) is 9.63. The first-order valence-electron chi connectivity index (χ1n) is 6.17. The maximum absolute atomic E-state index is 3.53. The summed E-state index contributed by atoms with van der Waals surface area (Å²) in [4.78, 5) is 2.55. The van der Waals surface area contributed by atoms with E-state index in [0.29, 0.717) is 0 Å². The van der Waals surface area contributed by atoms with Crippen LogP contribution in [0.25, 0.3) is 0 Å². The Hall–Kier alpha value is -0.0800. The van der Waals surface area contributed by atoms with Gasteiger partial charge in [0, 0.05) is 19.1 Å². The third-order valence-electron chi connectivity index (χ3n) is 4.03. The molecule has 0 aromatic heterocycles. The van der Waals surface area contributed by atoms with Crippen LogP contribution in [0.15, 0.2) is 0 Å². The van der Waals surface area contributed by atoms with E-state index in [0.717, 1.165) is 17.9 Å². The van der Waals surface area contributed by atoms with Gasteiger partial charge in [0.05, 0.1) is 0 Å². The minimum Gasteiger partial charge on any atom is -0.314 e. The molecule has 0 aromatic carbocycles. The van der Waals surface area contributed by atoms with Crippen molar-refractivity contribution >= 4 is 0 Å². The van der Waals surface area contributed by atoms with Crippen molar-refractivity contribution in [1.82, 2.24) is 10.2 Å². The van der Waals surface area contributed by atoms with Gasteiger partial charge in [0.1, 0.15) is 0 Å². The molecule has 0 spiro atoms. The van der Waals surface area contributed by atoms with E-state index in [2.05, 4.69) is 24.2 Å². The molecular weight excluding hydrogens is 172 g/mol. The van der Waals surface area contributed by atoms with Crippen LogP contribution >= 0.6 is 0 Å². The van der Waals surface area contributed by atoms with E-state index < -0.39 is 0 Å². The van der Waals surface area contributed by atoms with Gasteiger partial charge in [0.15, 0.2) is 0 Å². The maximum Gasteiger partial charge on any atom is 0.00796 e. The van der Waals surface area contributed by atoms with Crippen LogP contribution in [0.4, 0.5) is 0 Å². The van der Waals surface area contributed by atoms with Crippen LogP contribution in [-0.2, 0) is 0 Å². The summed E-state index contributed by atoms with van der Waals surface area (Å²) in [6, 6.07) is 0.735. The van der Waals surface area contributed by atoms with Crippen molar-refractivity contribution < 1.29 is 0 Å². The Bertz CT molecular complexity index is 177. The van der Waals surface area contributed by atoms with Crippen LogP contribution in [0.2, 0.25) is 0 Å². The Morgan fingerprint density at radius 3 is 2.50 bits per heavy atom. The number of hydrogen-bond donors (Lipinski definition) is 1. The summed E-state index contributed by atoms with van der Waals surface area (Å²) in [5, 5.41) is 3.53. The number of hydrogen-bond acceptors (Lipinski definition) is 2. The second kappa shape index (κ2) is 4.63. The first-order valence-corrected chi connectivity index (χ1v) is 6.17. The number of nitrogens with zero attached hydrogens (tertiary/aromatic N) is 1. The molecule has 2 atom stereocenters. The summed E-state index contributed by atoms with van der Waals surface area (Å²) in [5.41, 5.74) is 0. The van der Waals surface area contributed by atoms with Gasteiger partial charge in [0.2, 0.25) is 0 Å². The van der Waals surface area contributed by atoms with Gasteiger partial charge < -0.3 is 10.2 Å². The standard InChI is InChI=1S/C12H24N2/c1-10-12(6-7-13-10)9-14(2)8-11-4-3-5-11/h10-13H,3-9H2,1-2H3. The van der Waals surface area contributed by atoms with E-state index >= 15 is 0 Å². The van der Waals surface area contributed by atoms with Crippen LogP contribution in [0.5, 0.6) is 0 Å². The van der Waals surface area contributed by atoms with Crippen molar-refractivity contribution in [1.29, 1.82) is 0 Å². The lowest BCUT2D eigenvalue weighted by molar-refractivity contribution is 0.182. The minimum absolute atomic E-state index is 0.735. The normalized spacial score (nSPS) is 33.6. The molecule has 2 unspecified atom stereocenters. The number of rotatable bonds is 4. The molecule has 2 rings (SSSR count). The summed E-state index contributed by atoms with van der Waals surface area (Å²) in [7, 11) is 2.30. The molecule has 2 nitrogen and oxygen atoms in total. The summed E-state index contributed by atoms with van der Waals surface area (Å²) in [6.07, 6.45) is 5.79. The fraction of sp³-hybridized carbons (Fsp3) is 1.00. The van der Waals surface area contributed by atoms with E-state index in [1.165, 1.54) is 45.3 Å². The molecule has 0 amide bonds. The average molecular weight is 196 g/mol. The quantitative estimate of drug-likeness (QED) is 0.736. The molecule has 1 heterocycles. The molecule has 2 heteroatoms. The van der Waals surface area contributed by atoms with Gasteiger partial charge >= 0.3 is 0 Å². The smallest absolute Gasteiger partial charge is 0.00796 e. The third-order valence-corrected chi connectivity index (χ3v) is 4.03. The highest BCUT2D eigenvalue weighted by atomic mass is 15.1. The molecule has 1 aliphatic carbocycles. The van der Waals surface area contributed by atoms with Gasteiger partial charge in [-0.1, -0.05) is 6.42 Å². The monoisotopic (exact) mass is 196 g/mol. The number of nitrogens with one attached hydrogen (secondary N) is 1. The van der Waals surface area contributed by atoms with Crippen LogP contribution < -0.4 is 5.32 Å². The Kier molecular flexibility index (Phi) is 3.45. The van der Waals surface area contributed by atoms with Crippen LogP contribution in [0.1, 0.15) is 32.6 Å². The molecule has 1 N–H and O–H groups in total. The predicted molar refractivity (Wildman–Crippen MR) is 60.4 cm³/mol. The van der Waals surface area contributed by atoms with Crippen LogP contribution in [0.3, 0.4) is 0 Å². The Morgan fingerprint density at radius 1 is 1.21 bits per heavy atom. The van der Waals surface area contributed by atoms with E-state index in [1.54, 1.807) is 0 Å². The fourth-order valence-electron chi connectivity index (χ4n) is 2.75. The summed E-state index contributed by atoms with van der Waals surface area (Å²) >= 11 is 0. The van der Waals surface area contributed by atoms with E-state index in [1.807, 2.05) is 0 Å². The van der Waals surface area contributed by atoms with E-state index in [9.17, 15) is 0 Å². The topological polar surface area (TPSA) is 15.3 Å². The molecule has 2 fully saturated rings. The zero-order chi connectivity index (χ0) is 9.97. The highest BCUT2D eigenvalue weighted by Crippen LogP contribution is 2.27. The molecule has 0 aromatic rings. The fourth-order valence-corrected chi connectivity index (χ4v) is 2.75. The van der Waals surface area contributed by atoms with Crippen molar-refractivity contribution in [2.24, 2.45) is 11.8 Å². The van der Waals surface area contributed by atoms with E-state index in [-0.39, 0.29) is 0 Å². The van der Waals surface area contributed by atoms with Gasteiger partial charge in [0.25, 0.3) is 0 Å². The van der Waals surface area contributed by atoms with Crippen LogP contribution in [0, 0.1) is 11.8 Å². The summed E-state index contributed by atoms with van der Waals surface area (Å²) in [6.45, 7) is 6.19.